The van der Waals surface area contributed by atoms with E-state index in [2.05, 4.69) is 22.3 Å². The van der Waals surface area contributed by atoms with E-state index in [1.165, 1.54) is 37.7 Å². The van der Waals surface area contributed by atoms with Crippen molar-refractivity contribution in [3.05, 3.63) is 48.0 Å². The van der Waals surface area contributed by atoms with Gasteiger partial charge in [-0.2, -0.15) is 0 Å². The molecule has 6 heteroatoms. The molecule has 1 saturated carbocycles. The molecule has 1 saturated heterocycles. The summed E-state index contributed by atoms with van der Waals surface area (Å²) in [6.45, 7) is 2.90. The van der Waals surface area contributed by atoms with Crippen molar-refractivity contribution in [2.45, 2.75) is 38.0 Å². The van der Waals surface area contributed by atoms with Crippen molar-refractivity contribution in [2.75, 3.05) is 50.2 Å². The number of benzene rings is 2. The average Bonchev–Trinajstić information content (AvgIpc) is 2.84. The smallest absolute Gasteiger partial charge is 0.262 e. The van der Waals surface area contributed by atoms with Crippen LogP contribution in [-0.4, -0.2) is 45.9 Å². The normalized spacial score (nSPS) is 17.3. The van der Waals surface area contributed by atoms with E-state index in [-0.39, 0.29) is 12.5 Å². The second kappa shape index (κ2) is 10.5. The molecule has 1 aliphatic heterocycles. The van der Waals surface area contributed by atoms with Gasteiger partial charge < -0.3 is 24.4 Å². The van der Waals surface area contributed by atoms with Crippen LogP contribution in [0.3, 0.4) is 0 Å². The second-order valence-electron chi connectivity index (χ2n) is 8.22. The van der Waals surface area contributed by atoms with E-state index in [9.17, 15) is 4.79 Å². The number of morpholine rings is 1. The fraction of sp³-hybridized carbons (Fsp3) is 0.480. The van der Waals surface area contributed by atoms with Gasteiger partial charge >= 0.3 is 0 Å². The van der Waals surface area contributed by atoms with Crippen molar-refractivity contribution in [2.24, 2.45) is 0 Å². The van der Waals surface area contributed by atoms with Gasteiger partial charge in [0.1, 0.15) is 11.5 Å². The average molecular weight is 425 g/mol. The summed E-state index contributed by atoms with van der Waals surface area (Å²) in [5.41, 5.74) is 3.07. The van der Waals surface area contributed by atoms with E-state index >= 15 is 0 Å². The van der Waals surface area contributed by atoms with Crippen LogP contribution in [0.25, 0.3) is 0 Å². The maximum atomic E-state index is 12.6. The van der Waals surface area contributed by atoms with Crippen molar-refractivity contribution >= 4 is 17.3 Å². The first-order chi connectivity index (χ1) is 15.2. The number of ether oxygens (including phenoxy) is 3. The van der Waals surface area contributed by atoms with Crippen molar-refractivity contribution in [1.29, 1.82) is 0 Å². The highest BCUT2D eigenvalue weighted by atomic mass is 16.5. The maximum absolute atomic E-state index is 12.6. The number of carbonyl (C=O) groups is 1. The third-order valence-electron chi connectivity index (χ3n) is 6.16. The SMILES string of the molecule is COc1ccc(N2CCOCC2)c(NC(=O)COc2ccc(C3CCCCC3)cc2)c1. The summed E-state index contributed by atoms with van der Waals surface area (Å²) in [5.74, 6) is 1.89. The number of hydrogen-bond acceptors (Lipinski definition) is 5. The fourth-order valence-electron chi connectivity index (χ4n) is 4.43. The molecule has 0 bridgehead atoms. The van der Waals surface area contributed by atoms with Gasteiger partial charge in [-0.05, 0) is 48.6 Å². The molecule has 2 aromatic carbocycles. The summed E-state index contributed by atoms with van der Waals surface area (Å²) in [7, 11) is 1.62. The van der Waals surface area contributed by atoms with Crippen molar-refractivity contribution in [3.8, 4) is 11.5 Å². The molecule has 6 nitrogen and oxygen atoms in total. The first-order valence-electron chi connectivity index (χ1n) is 11.3. The lowest BCUT2D eigenvalue weighted by molar-refractivity contribution is -0.118. The van der Waals surface area contributed by atoms with Crippen molar-refractivity contribution < 1.29 is 19.0 Å². The Morgan fingerprint density at radius 3 is 2.45 bits per heavy atom. The Morgan fingerprint density at radius 1 is 1.03 bits per heavy atom. The molecule has 0 spiro atoms. The van der Waals surface area contributed by atoms with Gasteiger partial charge in [0.25, 0.3) is 5.91 Å². The van der Waals surface area contributed by atoms with Crippen LogP contribution in [0.4, 0.5) is 11.4 Å². The summed E-state index contributed by atoms with van der Waals surface area (Å²) in [6, 6.07) is 14.0. The standard InChI is InChI=1S/C25H32N2O4/c1-29-22-11-12-24(27-13-15-30-16-14-27)23(17-22)26-25(28)18-31-21-9-7-20(8-10-21)19-5-3-2-4-6-19/h7-12,17,19H,2-6,13-16,18H2,1H3,(H,26,28). The number of anilines is 2. The maximum Gasteiger partial charge on any atom is 0.262 e. The lowest BCUT2D eigenvalue weighted by atomic mass is 9.84. The molecule has 1 N–H and O–H groups in total. The van der Waals surface area contributed by atoms with Crippen LogP contribution in [-0.2, 0) is 9.53 Å². The number of methoxy groups -OCH3 is 1. The lowest BCUT2D eigenvalue weighted by Crippen LogP contribution is -2.37. The van der Waals surface area contributed by atoms with E-state index in [1.54, 1.807) is 7.11 Å². The highest BCUT2D eigenvalue weighted by Crippen LogP contribution is 2.33. The van der Waals surface area contributed by atoms with Crippen molar-refractivity contribution in [1.82, 2.24) is 0 Å². The van der Waals surface area contributed by atoms with Gasteiger partial charge in [0.2, 0.25) is 0 Å². The van der Waals surface area contributed by atoms with E-state index < -0.39 is 0 Å². The molecule has 0 aromatic heterocycles. The molecule has 1 aliphatic carbocycles. The molecular formula is C25H32N2O4. The number of nitrogens with zero attached hydrogens (tertiary/aromatic N) is 1. The molecule has 2 fully saturated rings. The molecule has 2 aliphatic rings. The van der Waals surface area contributed by atoms with Crippen LogP contribution in [0.2, 0.25) is 0 Å². The van der Waals surface area contributed by atoms with Gasteiger partial charge in [0.15, 0.2) is 6.61 Å². The number of rotatable bonds is 7. The zero-order valence-electron chi connectivity index (χ0n) is 18.3. The molecule has 2 aromatic rings. The third-order valence-corrected chi connectivity index (χ3v) is 6.16. The fourth-order valence-corrected chi connectivity index (χ4v) is 4.43. The topological polar surface area (TPSA) is 60.0 Å². The zero-order chi connectivity index (χ0) is 21.5. The molecule has 4 rings (SSSR count). The molecular weight excluding hydrogens is 392 g/mol. The zero-order valence-corrected chi connectivity index (χ0v) is 18.3. The number of carbonyl (C=O) groups excluding carboxylic acids is 1. The first kappa shape index (κ1) is 21.5. The Bertz CT molecular complexity index is 856. The molecule has 166 valence electrons. The Balaban J connectivity index is 1.36. The predicted molar refractivity (Wildman–Crippen MR) is 122 cm³/mol. The van der Waals surface area contributed by atoms with Gasteiger partial charge in [-0.25, -0.2) is 0 Å². The molecule has 0 unspecified atom stereocenters. The summed E-state index contributed by atoms with van der Waals surface area (Å²) in [4.78, 5) is 14.8. The summed E-state index contributed by atoms with van der Waals surface area (Å²) >= 11 is 0. The van der Waals surface area contributed by atoms with Crippen LogP contribution in [0, 0.1) is 0 Å². The number of hydrogen-bond donors (Lipinski definition) is 1. The van der Waals surface area contributed by atoms with E-state index in [0.29, 0.717) is 30.6 Å². The third kappa shape index (κ3) is 5.70. The minimum Gasteiger partial charge on any atom is -0.497 e. The molecule has 1 heterocycles. The number of amides is 1. The highest BCUT2D eigenvalue weighted by molar-refractivity contribution is 5.95. The Kier molecular flexibility index (Phi) is 7.30. The molecule has 1 amide bonds. The highest BCUT2D eigenvalue weighted by Gasteiger charge is 2.18. The monoisotopic (exact) mass is 424 g/mol. The van der Waals surface area contributed by atoms with E-state index in [4.69, 9.17) is 14.2 Å². The van der Waals surface area contributed by atoms with Crippen LogP contribution in [0.1, 0.15) is 43.6 Å². The second-order valence-corrected chi connectivity index (χ2v) is 8.22. The van der Waals surface area contributed by atoms with Gasteiger partial charge in [-0.1, -0.05) is 31.4 Å². The van der Waals surface area contributed by atoms with Crippen LogP contribution < -0.4 is 19.7 Å². The van der Waals surface area contributed by atoms with E-state index in [0.717, 1.165) is 24.5 Å². The Labute approximate surface area is 184 Å². The predicted octanol–water partition coefficient (Wildman–Crippen LogP) is 4.60. The van der Waals surface area contributed by atoms with E-state index in [1.807, 2.05) is 30.3 Å². The van der Waals surface area contributed by atoms with Crippen LogP contribution in [0.5, 0.6) is 11.5 Å². The lowest BCUT2D eigenvalue weighted by Gasteiger charge is -2.30. The van der Waals surface area contributed by atoms with Gasteiger partial charge in [0, 0.05) is 19.2 Å². The van der Waals surface area contributed by atoms with Crippen LogP contribution >= 0.6 is 0 Å². The van der Waals surface area contributed by atoms with Crippen LogP contribution in [0.15, 0.2) is 42.5 Å². The van der Waals surface area contributed by atoms with Gasteiger partial charge in [-0.3, -0.25) is 4.79 Å². The largest absolute Gasteiger partial charge is 0.497 e. The molecule has 0 atom stereocenters. The van der Waals surface area contributed by atoms with Gasteiger partial charge in [0.05, 0.1) is 31.7 Å². The Morgan fingerprint density at radius 2 is 1.74 bits per heavy atom. The summed E-state index contributed by atoms with van der Waals surface area (Å²) < 4.78 is 16.5. The van der Waals surface area contributed by atoms with Gasteiger partial charge in [-0.15, -0.1) is 0 Å². The molecule has 31 heavy (non-hydrogen) atoms. The van der Waals surface area contributed by atoms with Crippen molar-refractivity contribution in [3.63, 3.8) is 0 Å². The Hall–Kier alpha value is -2.73. The first-order valence-corrected chi connectivity index (χ1v) is 11.3. The quantitative estimate of drug-likeness (QED) is 0.704. The summed E-state index contributed by atoms with van der Waals surface area (Å²) in [6.07, 6.45) is 6.54. The minimum atomic E-state index is -0.195. The number of nitrogens with one attached hydrogen (secondary N) is 1. The summed E-state index contributed by atoms with van der Waals surface area (Å²) in [5, 5.41) is 2.99. The minimum absolute atomic E-state index is 0.0392. The molecule has 0 radical (unpaired) electrons.